The predicted octanol–water partition coefficient (Wildman–Crippen LogP) is 2.06. The SMILES string of the molecule is O=C(C1CCCCC1)N1CCC(NC(=O)[C@@]23CCCC[C@H]2CNC3)C1. The van der Waals surface area contributed by atoms with E-state index in [0.717, 1.165) is 51.9 Å². The van der Waals surface area contributed by atoms with Crippen LogP contribution in [0.5, 0.6) is 0 Å². The topological polar surface area (TPSA) is 61.4 Å². The number of hydrogen-bond donors (Lipinski definition) is 2. The van der Waals surface area contributed by atoms with Crippen LogP contribution in [0.4, 0.5) is 0 Å². The molecule has 2 saturated heterocycles. The average molecular weight is 348 g/mol. The number of hydrogen-bond acceptors (Lipinski definition) is 3. The van der Waals surface area contributed by atoms with Crippen molar-refractivity contribution >= 4 is 11.8 Å². The Kier molecular flexibility index (Phi) is 5.03. The van der Waals surface area contributed by atoms with Gasteiger partial charge in [-0.1, -0.05) is 32.1 Å². The first-order valence-electron chi connectivity index (χ1n) is 10.5. The highest BCUT2D eigenvalue weighted by molar-refractivity contribution is 5.84. The smallest absolute Gasteiger partial charge is 0.228 e. The Balaban J connectivity index is 1.33. The van der Waals surface area contributed by atoms with Gasteiger partial charge in [0, 0.05) is 31.6 Å². The summed E-state index contributed by atoms with van der Waals surface area (Å²) in [6.07, 6.45) is 11.3. The molecule has 140 valence electrons. The first kappa shape index (κ1) is 17.3. The normalized spacial score (nSPS) is 36.2. The zero-order valence-electron chi connectivity index (χ0n) is 15.4. The van der Waals surface area contributed by atoms with Gasteiger partial charge in [0.05, 0.1) is 5.41 Å². The highest BCUT2D eigenvalue weighted by Gasteiger charge is 2.50. The van der Waals surface area contributed by atoms with Crippen LogP contribution in [0.15, 0.2) is 0 Å². The van der Waals surface area contributed by atoms with E-state index in [1.807, 2.05) is 4.90 Å². The van der Waals surface area contributed by atoms with Crippen molar-refractivity contribution in [1.82, 2.24) is 15.5 Å². The van der Waals surface area contributed by atoms with Crippen molar-refractivity contribution < 1.29 is 9.59 Å². The maximum atomic E-state index is 13.1. The maximum absolute atomic E-state index is 13.1. The van der Waals surface area contributed by atoms with E-state index in [1.165, 1.54) is 38.5 Å². The van der Waals surface area contributed by atoms with Crippen LogP contribution in [0, 0.1) is 17.3 Å². The second-order valence-corrected chi connectivity index (χ2v) is 8.81. The first-order chi connectivity index (χ1) is 12.2. The summed E-state index contributed by atoms with van der Waals surface area (Å²) in [5.41, 5.74) is -0.181. The fraction of sp³-hybridized carbons (Fsp3) is 0.900. The molecule has 2 aliphatic carbocycles. The molecule has 0 aromatic heterocycles. The fourth-order valence-electron chi connectivity index (χ4n) is 5.71. The van der Waals surface area contributed by atoms with Crippen molar-refractivity contribution in [2.75, 3.05) is 26.2 Å². The molecular weight excluding hydrogens is 314 g/mol. The lowest BCUT2D eigenvalue weighted by atomic mass is 9.67. The first-order valence-corrected chi connectivity index (χ1v) is 10.5. The van der Waals surface area contributed by atoms with E-state index in [2.05, 4.69) is 10.6 Å². The van der Waals surface area contributed by atoms with E-state index in [-0.39, 0.29) is 23.3 Å². The van der Waals surface area contributed by atoms with Crippen LogP contribution in [-0.4, -0.2) is 48.9 Å². The molecule has 2 aliphatic heterocycles. The van der Waals surface area contributed by atoms with E-state index in [1.54, 1.807) is 0 Å². The van der Waals surface area contributed by atoms with Gasteiger partial charge in [-0.15, -0.1) is 0 Å². The van der Waals surface area contributed by atoms with Crippen LogP contribution in [0.3, 0.4) is 0 Å². The summed E-state index contributed by atoms with van der Waals surface area (Å²) in [5, 5.41) is 6.78. The molecule has 25 heavy (non-hydrogen) atoms. The lowest BCUT2D eigenvalue weighted by Gasteiger charge is -2.38. The molecule has 0 radical (unpaired) electrons. The molecule has 0 spiro atoms. The number of amides is 2. The quantitative estimate of drug-likeness (QED) is 0.821. The summed E-state index contributed by atoms with van der Waals surface area (Å²) in [6, 6.07) is 0.151. The molecule has 2 heterocycles. The second-order valence-electron chi connectivity index (χ2n) is 8.81. The Bertz CT molecular complexity index is 517. The zero-order chi connectivity index (χ0) is 17.3. The van der Waals surface area contributed by atoms with Gasteiger partial charge in [0.2, 0.25) is 11.8 Å². The molecular formula is C20H33N3O2. The van der Waals surface area contributed by atoms with Gasteiger partial charge in [-0.2, -0.15) is 0 Å². The Morgan fingerprint density at radius 3 is 2.64 bits per heavy atom. The predicted molar refractivity (Wildman–Crippen MR) is 97.0 cm³/mol. The van der Waals surface area contributed by atoms with Crippen molar-refractivity contribution in [3.05, 3.63) is 0 Å². The van der Waals surface area contributed by atoms with E-state index >= 15 is 0 Å². The van der Waals surface area contributed by atoms with Gasteiger partial charge < -0.3 is 15.5 Å². The van der Waals surface area contributed by atoms with Gasteiger partial charge in [0.1, 0.15) is 0 Å². The molecule has 4 rings (SSSR count). The molecule has 0 bridgehead atoms. The van der Waals surface area contributed by atoms with Crippen LogP contribution in [0.1, 0.15) is 64.2 Å². The van der Waals surface area contributed by atoms with Crippen LogP contribution in [-0.2, 0) is 9.59 Å². The summed E-state index contributed by atoms with van der Waals surface area (Å²) in [7, 11) is 0. The van der Waals surface area contributed by atoms with E-state index < -0.39 is 0 Å². The lowest BCUT2D eigenvalue weighted by molar-refractivity contribution is -0.137. The lowest BCUT2D eigenvalue weighted by Crippen LogP contribution is -2.51. The Labute approximate surface area is 151 Å². The molecule has 0 aromatic rings. The molecule has 5 heteroatoms. The molecule has 5 nitrogen and oxygen atoms in total. The second kappa shape index (κ2) is 7.26. The number of nitrogens with one attached hydrogen (secondary N) is 2. The van der Waals surface area contributed by atoms with Gasteiger partial charge >= 0.3 is 0 Å². The van der Waals surface area contributed by atoms with Crippen molar-refractivity contribution in [2.24, 2.45) is 17.3 Å². The van der Waals surface area contributed by atoms with E-state index in [0.29, 0.717) is 11.8 Å². The minimum atomic E-state index is -0.181. The van der Waals surface area contributed by atoms with Crippen molar-refractivity contribution in [3.8, 4) is 0 Å². The molecule has 4 fully saturated rings. The van der Waals surface area contributed by atoms with E-state index in [9.17, 15) is 9.59 Å². The standard InChI is InChI=1S/C20H33N3O2/c24-18(15-6-2-1-3-7-15)23-11-9-17(13-23)22-19(25)20-10-5-4-8-16(20)12-21-14-20/h15-17,21H,1-14H2,(H,22,25)/t16-,17?,20+/m0/s1. The maximum Gasteiger partial charge on any atom is 0.228 e. The zero-order valence-corrected chi connectivity index (χ0v) is 15.4. The van der Waals surface area contributed by atoms with Gasteiger partial charge in [-0.3, -0.25) is 9.59 Å². The monoisotopic (exact) mass is 347 g/mol. The Morgan fingerprint density at radius 1 is 1.00 bits per heavy atom. The molecule has 2 amide bonds. The molecule has 2 saturated carbocycles. The summed E-state index contributed by atoms with van der Waals surface area (Å²) in [5.74, 6) is 1.33. The van der Waals surface area contributed by atoms with Crippen molar-refractivity contribution in [1.29, 1.82) is 0 Å². The van der Waals surface area contributed by atoms with Gasteiger partial charge in [-0.05, 0) is 44.6 Å². The summed E-state index contributed by atoms with van der Waals surface area (Å²) in [4.78, 5) is 27.8. The van der Waals surface area contributed by atoms with Gasteiger partial charge in [0.25, 0.3) is 0 Å². The Morgan fingerprint density at radius 2 is 1.80 bits per heavy atom. The minimum Gasteiger partial charge on any atom is -0.351 e. The molecule has 3 atom stereocenters. The third kappa shape index (κ3) is 3.32. The Hall–Kier alpha value is -1.10. The molecule has 4 aliphatic rings. The fourth-order valence-corrected chi connectivity index (χ4v) is 5.71. The number of fused-ring (bicyclic) bond motifs is 1. The van der Waals surface area contributed by atoms with Crippen LogP contribution in [0.2, 0.25) is 0 Å². The third-order valence-electron chi connectivity index (χ3n) is 7.28. The molecule has 2 N–H and O–H groups in total. The third-order valence-corrected chi connectivity index (χ3v) is 7.28. The summed E-state index contributed by atoms with van der Waals surface area (Å²) < 4.78 is 0. The highest BCUT2D eigenvalue weighted by atomic mass is 16.2. The number of likely N-dealkylation sites (tertiary alicyclic amines) is 1. The van der Waals surface area contributed by atoms with Gasteiger partial charge in [-0.25, -0.2) is 0 Å². The molecule has 1 unspecified atom stereocenters. The minimum absolute atomic E-state index is 0.151. The van der Waals surface area contributed by atoms with Crippen molar-refractivity contribution in [3.63, 3.8) is 0 Å². The summed E-state index contributed by atoms with van der Waals surface area (Å²) in [6.45, 7) is 3.36. The van der Waals surface area contributed by atoms with Crippen LogP contribution in [0.25, 0.3) is 0 Å². The van der Waals surface area contributed by atoms with Crippen LogP contribution < -0.4 is 10.6 Å². The number of nitrogens with zero attached hydrogens (tertiary/aromatic N) is 1. The van der Waals surface area contributed by atoms with E-state index in [4.69, 9.17) is 0 Å². The van der Waals surface area contributed by atoms with Gasteiger partial charge in [0.15, 0.2) is 0 Å². The number of carbonyl (C=O) groups excluding carboxylic acids is 2. The summed E-state index contributed by atoms with van der Waals surface area (Å²) >= 11 is 0. The highest BCUT2D eigenvalue weighted by Crippen LogP contribution is 2.44. The average Bonchev–Trinajstić information content (AvgIpc) is 3.29. The largest absolute Gasteiger partial charge is 0.351 e. The van der Waals surface area contributed by atoms with Crippen LogP contribution >= 0.6 is 0 Å². The number of rotatable bonds is 3. The number of carbonyl (C=O) groups is 2. The molecule has 0 aromatic carbocycles. The van der Waals surface area contributed by atoms with Crippen molar-refractivity contribution in [2.45, 2.75) is 70.3 Å².